The van der Waals surface area contributed by atoms with E-state index in [0.29, 0.717) is 0 Å². The number of hydrogen-bond acceptors (Lipinski definition) is 4. The third-order valence-corrected chi connectivity index (χ3v) is 3.31. The Morgan fingerprint density at radius 1 is 1.91 bits per heavy atom. The fourth-order valence-corrected chi connectivity index (χ4v) is 2.31. The molecule has 0 aromatic heterocycles. The van der Waals surface area contributed by atoms with Gasteiger partial charge < -0.3 is 15.5 Å². The molecule has 0 aromatic carbocycles. The van der Waals surface area contributed by atoms with Crippen LogP contribution in [0.1, 0.15) is 6.92 Å². The zero-order chi connectivity index (χ0) is 8.36. The summed E-state index contributed by atoms with van der Waals surface area (Å²) in [7, 11) is 0. The Labute approximate surface area is 90.8 Å². The molecule has 2 unspecified atom stereocenters. The van der Waals surface area contributed by atoms with Crippen molar-refractivity contribution in [2.75, 3.05) is 0 Å². The second kappa shape index (κ2) is 5.59. The summed E-state index contributed by atoms with van der Waals surface area (Å²) in [6, 6.07) is 0. The van der Waals surface area contributed by atoms with E-state index >= 15 is 0 Å². The molecule has 0 aliphatic rings. The first-order chi connectivity index (χ1) is 4.33. The average molecular weight is 206 g/mol. The van der Waals surface area contributed by atoms with Crippen molar-refractivity contribution in [3.63, 3.8) is 0 Å². The molecule has 0 radical (unpaired) electrons. The van der Waals surface area contributed by atoms with E-state index in [1.54, 1.807) is 0 Å². The van der Waals surface area contributed by atoms with Gasteiger partial charge in [-0.2, -0.15) is 0 Å². The molecule has 0 amide bonds. The quantitative estimate of drug-likeness (QED) is 0.192. The summed E-state index contributed by atoms with van der Waals surface area (Å²) in [4.78, 5) is 18.4. The zero-order valence-electron chi connectivity index (χ0n) is 6.27. The van der Waals surface area contributed by atoms with Gasteiger partial charge in [-0.3, -0.25) is 9.97 Å². The van der Waals surface area contributed by atoms with Crippen molar-refractivity contribution in [3.05, 3.63) is 0 Å². The zero-order valence-corrected chi connectivity index (χ0v) is 9.98. The second-order valence-corrected chi connectivity index (χ2v) is 5.54. The number of nitrogens with one attached hydrogen (secondary N) is 1. The van der Waals surface area contributed by atoms with Crippen molar-refractivity contribution in [1.29, 1.82) is 5.41 Å². The fraction of sp³-hybridized carbons (Fsp3) is 0.667. The van der Waals surface area contributed by atoms with Gasteiger partial charge in [0.05, 0.1) is 5.25 Å². The van der Waals surface area contributed by atoms with Crippen LogP contribution < -0.4 is 40.2 Å². The van der Waals surface area contributed by atoms with E-state index in [1.807, 2.05) is 0 Å². The maximum Gasteiger partial charge on any atom is 1.00 e. The van der Waals surface area contributed by atoms with Gasteiger partial charge >= 0.3 is 29.6 Å². The van der Waals surface area contributed by atoms with E-state index in [-0.39, 0.29) is 46.8 Å². The van der Waals surface area contributed by atoms with Crippen LogP contribution in [0.4, 0.5) is 0 Å². The minimum absolute atomic E-state index is 0. The Morgan fingerprint density at radius 2 is 2.27 bits per heavy atom. The third-order valence-electron chi connectivity index (χ3n) is 0.729. The van der Waals surface area contributed by atoms with E-state index in [1.165, 1.54) is 6.92 Å². The summed E-state index contributed by atoms with van der Waals surface area (Å²) in [5.74, 6) is -0.268. The van der Waals surface area contributed by atoms with Crippen molar-refractivity contribution in [2.24, 2.45) is 5.73 Å². The summed E-state index contributed by atoms with van der Waals surface area (Å²) in [5.41, 5.74) is 4.93. The molecule has 0 heterocycles. The van der Waals surface area contributed by atoms with Crippen LogP contribution in [0.2, 0.25) is 0 Å². The smallest absolute Gasteiger partial charge is 0.770 e. The number of amidine groups is 1. The maximum atomic E-state index is 10.1. The van der Waals surface area contributed by atoms with Gasteiger partial charge in [0.15, 0.2) is 6.80 Å². The molecule has 4 N–H and O–H groups in total. The molecule has 0 spiro atoms. The van der Waals surface area contributed by atoms with Gasteiger partial charge in [-0.05, 0) is 6.92 Å². The predicted octanol–water partition coefficient (Wildman–Crippen LogP) is -3.49. The van der Waals surface area contributed by atoms with Crippen molar-refractivity contribution in [2.45, 2.75) is 12.2 Å². The van der Waals surface area contributed by atoms with Crippen LogP contribution in [0.25, 0.3) is 0 Å². The van der Waals surface area contributed by atoms with Crippen LogP contribution in [0.5, 0.6) is 0 Å². The molecule has 2 atom stereocenters. The van der Waals surface area contributed by atoms with Crippen molar-refractivity contribution < 1.29 is 43.9 Å². The summed E-state index contributed by atoms with van der Waals surface area (Å²) in [5, 5.41) is 6.08. The monoisotopic (exact) mass is 206 g/mol. The summed E-state index contributed by atoms with van der Waals surface area (Å²) in [6.07, 6.45) is 0. The van der Waals surface area contributed by atoms with Crippen molar-refractivity contribution in [3.8, 4) is 0 Å². The molecule has 0 bridgehead atoms. The van der Waals surface area contributed by atoms with E-state index in [4.69, 9.17) is 16.0 Å². The van der Waals surface area contributed by atoms with E-state index in [9.17, 15) is 9.46 Å². The van der Waals surface area contributed by atoms with Gasteiger partial charge in [0, 0.05) is 0 Å². The van der Waals surface area contributed by atoms with E-state index in [0.717, 1.165) is 0 Å². The Balaban J connectivity index is 0. The Morgan fingerprint density at radius 3 is 2.36 bits per heavy atom. The van der Waals surface area contributed by atoms with Gasteiger partial charge in [0.25, 0.3) is 0 Å². The molecule has 0 aliphatic carbocycles. The van der Waals surface area contributed by atoms with Crippen LogP contribution in [0, 0.1) is 5.41 Å². The predicted molar refractivity (Wildman–Crippen MR) is 38.8 cm³/mol. The first-order valence-corrected chi connectivity index (χ1v) is 5.45. The largest absolute Gasteiger partial charge is 1.00 e. The SMILES string of the molecule is CC(SP(=O)([O-])O)C(=N)N.[Na+]. The molecule has 8 heteroatoms. The van der Waals surface area contributed by atoms with Crippen LogP contribution in [0.15, 0.2) is 0 Å². The van der Waals surface area contributed by atoms with Crippen LogP contribution in [-0.2, 0) is 4.57 Å². The number of rotatable bonds is 3. The Kier molecular flexibility index (Phi) is 7.36. The van der Waals surface area contributed by atoms with Crippen molar-refractivity contribution in [1.82, 2.24) is 0 Å². The molecular weight excluding hydrogens is 198 g/mol. The molecule has 0 rings (SSSR count). The maximum absolute atomic E-state index is 10.1. The van der Waals surface area contributed by atoms with Crippen LogP contribution in [0.3, 0.4) is 0 Å². The van der Waals surface area contributed by atoms with Crippen molar-refractivity contribution >= 4 is 24.0 Å². The number of hydrogen-bond donors (Lipinski definition) is 3. The van der Waals surface area contributed by atoms with Gasteiger partial charge in [-0.25, -0.2) is 0 Å². The first-order valence-electron chi connectivity index (χ1n) is 2.39. The van der Waals surface area contributed by atoms with Gasteiger partial charge in [0.2, 0.25) is 0 Å². The first kappa shape index (κ1) is 14.5. The minimum atomic E-state index is -4.33. The summed E-state index contributed by atoms with van der Waals surface area (Å²) >= 11 is 0.271. The summed E-state index contributed by atoms with van der Waals surface area (Å²) < 4.78 is 10.1. The van der Waals surface area contributed by atoms with Gasteiger partial charge in [0.1, 0.15) is 5.84 Å². The van der Waals surface area contributed by atoms with Gasteiger partial charge in [-0.15, -0.1) is 0 Å². The standard InChI is InChI=1S/C3H9N2O3PS.Na/c1-2(3(4)5)10-9(6,7)8;/h2H,1H3,(H3,4,5)(H2,6,7,8);/q;+1/p-1. The van der Waals surface area contributed by atoms with Crippen LogP contribution in [-0.4, -0.2) is 16.0 Å². The van der Waals surface area contributed by atoms with E-state index < -0.39 is 12.0 Å². The molecule has 0 aromatic rings. The summed E-state index contributed by atoms with van der Waals surface area (Å²) in [6.45, 7) is -2.91. The third kappa shape index (κ3) is 8.88. The molecule has 0 saturated heterocycles. The number of nitrogens with two attached hydrogens (primary N) is 1. The molecular formula is C3H8N2NaO3PS. The molecule has 60 valence electrons. The van der Waals surface area contributed by atoms with Crippen LogP contribution >= 0.6 is 18.2 Å². The second-order valence-electron chi connectivity index (χ2n) is 1.67. The fourth-order valence-electron chi connectivity index (χ4n) is 0.257. The Hall–Kier alpha value is 0.970. The molecule has 11 heavy (non-hydrogen) atoms. The van der Waals surface area contributed by atoms with E-state index in [2.05, 4.69) is 0 Å². The molecule has 5 nitrogen and oxygen atoms in total. The average Bonchev–Trinajstić information content (AvgIpc) is 1.60. The van der Waals surface area contributed by atoms with Gasteiger partial charge in [-0.1, -0.05) is 11.4 Å². The molecule has 0 saturated carbocycles. The molecule has 0 fully saturated rings. The normalized spacial score (nSPS) is 17.7. The Bertz CT molecular complexity index is 183. The topological polar surface area (TPSA) is 110 Å². The molecule has 0 aliphatic heterocycles. The minimum Gasteiger partial charge on any atom is -0.770 e.